The highest BCUT2D eigenvalue weighted by atomic mass is 16.2. The summed E-state index contributed by atoms with van der Waals surface area (Å²) in [4.78, 5) is 24.2. The molecule has 1 aliphatic carbocycles. The predicted octanol–water partition coefficient (Wildman–Crippen LogP) is 3.43. The van der Waals surface area contributed by atoms with E-state index in [9.17, 15) is 4.79 Å². The zero-order valence-electron chi connectivity index (χ0n) is 15.2. The average molecular weight is 360 g/mol. The molecule has 0 saturated heterocycles. The molecule has 0 radical (unpaired) electrons. The van der Waals surface area contributed by atoms with Crippen LogP contribution in [0.2, 0.25) is 0 Å². The van der Waals surface area contributed by atoms with Gasteiger partial charge in [-0.3, -0.25) is 4.79 Å². The third-order valence-electron chi connectivity index (χ3n) is 4.92. The summed E-state index contributed by atoms with van der Waals surface area (Å²) in [6.45, 7) is 4.23. The number of nitriles is 1. The molecule has 3 heterocycles. The number of nitrogens with zero attached hydrogens (tertiary/aromatic N) is 3. The van der Waals surface area contributed by atoms with Crippen LogP contribution in [-0.2, 0) is 4.79 Å². The van der Waals surface area contributed by atoms with E-state index in [1.54, 1.807) is 12.3 Å². The molecule has 3 aromatic heterocycles. The van der Waals surface area contributed by atoms with Crippen LogP contribution in [0.4, 0.5) is 11.6 Å². The molecule has 27 heavy (non-hydrogen) atoms. The first-order valence-electron chi connectivity index (χ1n) is 8.92. The Morgan fingerprint density at radius 2 is 2.26 bits per heavy atom. The van der Waals surface area contributed by atoms with Crippen LogP contribution in [-0.4, -0.2) is 20.9 Å². The fourth-order valence-corrected chi connectivity index (χ4v) is 3.31. The van der Waals surface area contributed by atoms with Gasteiger partial charge in [0.2, 0.25) is 5.91 Å². The topological polar surface area (TPSA) is 120 Å². The lowest BCUT2D eigenvalue weighted by atomic mass is 10.0. The van der Waals surface area contributed by atoms with Gasteiger partial charge in [-0.15, -0.1) is 0 Å². The number of aromatic amines is 1. The number of rotatable bonds is 4. The van der Waals surface area contributed by atoms with E-state index in [0.29, 0.717) is 24.0 Å². The molecule has 0 spiro atoms. The smallest absolute Gasteiger partial charge is 0.230 e. The fraction of sp³-hybridized carbons (Fsp3) is 0.300. The number of fused-ring (bicyclic) bond motifs is 1. The van der Waals surface area contributed by atoms with E-state index in [1.165, 1.54) is 0 Å². The second kappa shape index (κ2) is 6.40. The summed E-state index contributed by atoms with van der Waals surface area (Å²) in [6, 6.07) is 7.85. The zero-order chi connectivity index (χ0) is 19.1. The summed E-state index contributed by atoms with van der Waals surface area (Å²) < 4.78 is 0. The van der Waals surface area contributed by atoms with E-state index in [1.807, 2.05) is 18.3 Å². The number of hydrogen-bond acceptors (Lipinski definition) is 5. The number of anilines is 2. The number of hydrogen-bond donors (Lipinski definition) is 3. The third-order valence-corrected chi connectivity index (χ3v) is 4.92. The van der Waals surface area contributed by atoms with Crippen molar-refractivity contribution in [1.82, 2.24) is 15.0 Å². The molecule has 4 N–H and O–H groups in total. The van der Waals surface area contributed by atoms with Crippen molar-refractivity contribution >= 4 is 28.3 Å². The number of H-pyrrole nitrogens is 1. The molecule has 7 nitrogen and oxygen atoms in total. The Kier molecular flexibility index (Phi) is 4.04. The standard InChI is InChI=1S/C20H20N6O/c1-10(2)18-13(3-4-23-18)16-6-11-7-17(24-9-15(11)19(22)25-16)26-20(27)14-5-12(14)8-21/h3-4,6-7,9-10,12,14,23H,5H2,1-2H3,(H2,22,25)(H,24,26,27)/t12-,14+/m0/s1. The highest BCUT2D eigenvalue weighted by Gasteiger charge is 2.43. The van der Waals surface area contributed by atoms with Gasteiger partial charge >= 0.3 is 0 Å². The highest BCUT2D eigenvalue weighted by Crippen LogP contribution is 2.38. The molecule has 7 heteroatoms. The summed E-state index contributed by atoms with van der Waals surface area (Å²) in [6.07, 6.45) is 4.13. The number of nitrogens with two attached hydrogens (primary N) is 1. The van der Waals surface area contributed by atoms with Gasteiger partial charge < -0.3 is 16.0 Å². The SMILES string of the molecule is CC(C)c1[nH]ccc1-c1cc2cc(NC(=O)[C@@H]3C[C@H]3C#N)ncc2c(N)n1. The van der Waals surface area contributed by atoms with Gasteiger partial charge in [-0.05, 0) is 35.9 Å². The van der Waals surface area contributed by atoms with Crippen molar-refractivity contribution in [2.24, 2.45) is 11.8 Å². The van der Waals surface area contributed by atoms with Crippen LogP contribution < -0.4 is 11.1 Å². The Balaban J connectivity index is 1.69. The maximum atomic E-state index is 12.2. The molecule has 0 bridgehead atoms. The van der Waals surface area contributed by atoms with Crippen LogP contribution in [0.3, 0.4) is 0 Å². The molecule has 1 saturated carbocycles. The van der Waals surface area contributed by atoms with E-state index in [2.05, 4.69) is 40.2 Å². The first-order valence-corrected chi connectivity index (χ1v) is 8.92. The number of carbonyl (C=O) groups is 1. The summed E-state index contributed by atoms with van der Waals surface area (Å²) in [7, 11) is 0. The van der Waals surface area contributed by atoms with Crippen molar-refractivity contribution < 1.29 is 4.79 Å². The van der Waals surface area contributed by atoms with Crippen molar-refractivity contribution in [1.29, 1.82) is 5.26 Å². The molecule has 2 atom stereocenters. The van der Waals surface area contributed by atoms with Crippen molar-refractivity contribution in [3.8, 4) is 17.3 Å². The Morgan fingerprint density at radius 1 is 1.44 bits per heavy atom. The van der Waals surface area contributed by atoms with Gasteiger partial charge in [0.15, 0.2) is 0 Å². The van der Waals surface area contributed by atoms with Crippen molar-refractivity contribution in [3.63, 3.8) is 0 Å². The van der Waals surface area contributed by atoms with E-state index in [-0.39, 0.29) is 17.7 Å². The molecule has 4 rings (SSSR count). The van der Waals surface area contributed by atoms with E-state index < -0.39 is 0 Å². The summed E-state index contributed by atoms with van der Waals surface area (Å²) >= 11 is 0. The quantitative estimate of drug-likeness (QED) is 0.658. The molecule has 0 unspecified atom stereocenters. The van der Waals surface area contributed by atoms with Crippen LogP contribution >= 0.6 is 0 Å². The van der Waals surface area contributed by atoms with Crippen LogP contribution in [0.15, 0.2) is 30.6 Å². The van der Waals surface area contributed by atoms with Gasteiger partial charge in [0.1, 0.15) is 11.6 Å². The first-order chi connectivity index (χ1) is 13.0. The Hall–Kier alpha value is -3.40. The molecule has 136 valence electrons. The van der Waals surface area contributed by atoms with Crippen molar-refractivity contribution in [2.45, 2.75) is 26.2 Å². The number of nitrogens with one attached hydrogen (secondary N) is 2. The Labute approximate surface area is 156 Å². The second-order valence-corrected chi connectivity index (χ2v) is 7.21. The number of aromatic nitrogens is 3. The summed E-state index contributed by atoms with van der Waals surface area (Å²) in [5.41, 5.74) is 9.04. The van der Waals surface area contributed by atoms with E-state index >= 15 is 0 Å². The average Bonchev–Trinajstić information content (AvgIpc) is 3.27. The first kappa shape index (κ1) is 17.0. The predicted molar refractivity (Wildman–Crippen MR) is 104 cm³/mol. The van der Waals surface area contributed by atoms with Gasteiger partial charge in [-0.2, -0.15) is 5.26 Å². The van der Waals surface area contributed by atoms with Gasteiger partial charge in [-0.1, -0.05) is 13.8 Å². The molecule has 0 aliphatic heterocycles. The minimum Gasteiger partial charge on any atom is -0.383 e. The van der Waals surface area contributed by atoms with Crippen LogP contribution in [0.5, 0.6) is 0 Å². The lowest BCUT2D eigenvalue weighted by molar-refractivity contribution is -0.117. The van der Waals surface area contributed by atoms with Gasteiger partial charge in [0, 0.05) is 29.0 Å². The number of amides is 1. The molecule has 1 fully saturated rings. The monoisotopic (exact) mass is 360 g/mol. The molecule has 1 amide bonds. The van der Waals surface area contributed by atoms with Crippen LogP contribution in [0.25, 0.3) is 22.0 Å². The number of pyridine rings is 2. The summed E-state index contributed by atoms with van der Waals surface area (Å²) in [5, 5.41) is 13.3. The fourth-order valence-electron chi connectivity index (χ4n) is 3.31. The Morgan fingerprint density at radius 3 is 2.96 bits per heavy atom. The lowest BCUT2D eigenvalue weighted by Crippen LogP contribution is -2.15. The normalized spacial score (nSPS) is 18.4. The van der Waals surface area contributed by atoms with E-state index in [4.69, 9.17) is 11.0 Å². The van der Waals surface area contributed by atoms with Gasteiger partial charge in [0.25, 0.3) is 0 Å². The van der Waals surface area contributed by atoms with Crippen LogP contribution in [0, 0.1) is 23.2 Å². The third kappa shape index (κ3) is 3.10. The lowest BCUT2D eigenvalue weighted by Gasteiger charge is -2.10. The summed E-state index contributed by atoms with van der Waals surface area (Å²) in [5.74, 6) is 0.594. The molecule has 1 aliphatic rings. The van der Waals surface area contributed by atoms with Crippen LogP contribution in [0.1, 0.15) is 31.9 Å². The molecular weight excluding hydrogens is 340 g/mol. The van der Waals surface area contributed by atoms with Gasteiger partial charge in [0.05, 0.1) is 23.6 Å². The molecule has 0 aromatic carbocycles. The minimum atomic E-state index is -0.237. The number of carbonyl (C=O) groups excluding carboxylic acids is 1. The maximum Gasteiger partial charge on any atom is 0.230 e. The minimum absolute atomic E-state index is 0.164. The second-order valence-electron chi connectivity index (χ2n) is 7.21. The Bertz CT molecular complexity index is 1080. The van der Waals surface area contributed by atoms with Gasteiger partial charge in [-0.25, -0.2) is 9.97 Å². The molecule has 3 aromatic rings. The van der Waals surface area contributed by atoms with Crippen molar-refractivity contribution in [3.05, 3.63) is 36.3 Å². The van der Waals surface area contributed by atoms with Crippen molar-refractivity contribution in [2.75, 3.05) is 11.1 Å². The maximum absolute atomic E-state index is 12.2. The zero-order valence-corrected chi connectivity index (χ0v) is 15.2. The molecular formula is C20H20N6O. The largest absolute Gasteiger partial charge is 0.383 e. The van der Waals surface area contributed by atoms with E-state index in [0.717, 1.165) is 27.7 Å². The highest BCUT2D eigenvalue weighted by molar-refractivity contribution is 5.98. The number of nitrogen functional groups attached to an aromatic ring is 1.